The zero-order valence-corrected chi connectivity index (χ0v) is 14.1. The molecule has 0 bridgehead atoms. The molecule has 0 aliphatic carbocycles. The van der Waals surface area contributed by atoms with Crippen LogP contribution >= 0.6 is 0 Å². The second kappa shape index (κ2) is 9.08. The summed E-state index contributed by atoms with van der Waals surface area (Å²) in [6.45, 7) is 1.73. The average molecular weight is 343 g/mol. The Balaban J connectivity index is 1.53. The highest BCUT2D eigenvalue weighted by Crippen LogP contribution is 2.16. The Morgan fingerprint density at radius 3 is 1.52 bits per heavy atom. The van der Waals surface area contributed by atoms with Crippen molar-refractivity contribution >= 4 is 0 Å². The summed E-state index contributed by atoms with van der Waals surface area (Å²) in [4.78, 5) is 0. The summed E-state index contributed by atoms with van der Waals surface area (Å²) >= 11 is 0. The number of aliphatic hydroxyl groups excluding tert-OH is 2. The van der Waals surface area contributed by atoms with Crippen molar-refractivity contribution in [2.24, 2.45) is 0 Å². The van der Waals surface area contributed by atoms with E-state index in [4.69, 9.17) is 9.47 Å². The van der Waals surface area contributed by atoms with Gasteiger partial charge < -0.3 is 25.0 Å². The maximum Gasteiger partial charge on any atom is 0.110 e. The van der Waals surface area contributed by atoms with Gasteiger partial charge in [-0.15, -0.1) is 0 Å². The number of aliphatic hydroxyl groups is 2. The lowest BCUT2D eigenvalue weighted by atomic mass is 10.0. The minimum absolute atomic E-state index is 0.395. The van der Waals surface area contributed by atoms with E-state index >= 15 is 0 Å². The number of benzene rings is 2. The van der Waals surface area contributed by atoms with Gasteiger partial charge in [-0.1, -0.05) is 60.7 Å². The third-order valence-corrected chi connectivity index (χ3v) is 4.42. The number of hydrogen-bond acceptors (Lipinski definition) is 5. The van der Waals surface area contributed by atoms with Gasteiger partial charge in [0.15, 0.2) is 0 Å². The highest BCUT2D eigenvalue weighted by molar-refractivity contribution is 5.14. The van der Waals surface area contributed by atoms with Crippen molar-refractivity contribution in [3.63, 3.8) is 0 Å². The zero-order valence-electron chi connectivity index (χ0n) is 14.1. The van der Waals surface area contributed by atoms with Crippen LogP contribution < -0.4 is 5.32 Å². The van der Waals surface area contributed by atoms with Gasteiger partial charge in [0.25, 0.3) is 0 Å². The van der Waals surface area contributed by atoms with Crippen molar-refractivity contribution in [2.45, 2.75) is 37.6 Å². The van der Waals surface area contributed by atoms with Crippen molar-refractivity contribution in [1.82, 2.24) is 5.32 Å². The van der Waals surface area contributed by atoms with Gasteiger partial charge in [-0.25, -0.2) is 0 Å². The lowest BCUT2D eigenvalue weighted by molar-refractivity contribution is -0.128. The Hall–Kier alpha value is -1.76. The molecule has 134 valence electrons. The van der Waals surface area contributed by atoms with Crippen LogP contribution in [-0.2, 0) is 22.7 Å². The number of ether oxygens (including phenoxy) is 2. The molecule has 1 saturated heterocycles. The van der Waals surface area contributed by atoms with Crippen molar-refractivity contribution in [3.05, 3.63) is 71.8 Å². The molecule has 1 heterocycles. The fourth-order valence-electron chi connectivity index (χ4n) is 2.92. The molecule has 0 aromatic heterocycles. The summed E-state index contributed by atoms with van der Waals surface area (Å²) < 4.78 is 11.6. The maximum atomic E-state index is 10.5. The molecule has 5 heteroatoms. The molecule has 1 aliphatic heterocycles. The van der Waals surface area contributed by atoms with E-state index < -0.39 is 24.4 Å². The van der Waals surface area contributed by atoms with E-state index in [0.717, 1.165) is 11.1 Å². The SMILES string of the molecule is O[C@H]1[C@H](O)[C@H](OCc2ccccc2)CNC[C@H]1OCc1ccccc1. The lowest BCUT2D eigenvalue weighted by Crippen LogP contribution is -2.45. The molecule has 0 amide bonds. The molecule has 3 N–H and O–H groups in total. The van der Waals surface area contributed by atoms with Crippen LogP contribution in [0.15, 0.2) is 60.7 Å². The maximum absolute atomic E-state index is 10.5. The Kier molecular flexibility index (Phi) is 6.55. The summed E-state index contributed by atoms with van der Waals surface area (Å²) in [5.41, 5.74) is 2.07. The topological polar surface area (TPSA) is 71.0 Å². The van der Waals surface area contributed by atoms with Crippen LogP contribution in [0.2, 0.25) is 0 Å². The molecular formula is C20H25NO4. The van der Waals surface area contributed by atoms with E-state index in [0.29, 0.717) is 26.3 Å². The van der Waals surface area contributed by atoms with Crippen molar-refractivity contribution in [1.29, 1.82) is 0 Å². The van der Waals surface area contributed by atoms with E-state index in [9.17, 15) is 10.2 Å². The fraction of sp³-hybridized carbons (Fsp3) is 0.400. The van der Waals surface area contributed by atoms with Gasteiger partial charge in [0, 0.05) is 13.1 Å². The fourth-order valence-corrected chi connectivity index (χ4v) is 2.92. The predicted molar refractivity (Wildman–Crippen MR) is 94.9 cm³/mol. The number of rotatable bonds is 6. The summed E-state index contributed by atoms with van der Waals surface area (Å²) in [5, 5.41) is 24.1. The van der Waals surface area contributed by atoms with Gasteiger partial charge in [-0.05, 0) is 11.1 Å². The smallest absolute Gasteiger partial charge is 0.110 e. The zero-order chi connectivity index (χ0) is 17.5. The molecule has 2 aromatic rings. The van der Waals surface area contributed by atoms with Gasteiger partial charge in [0.1, 0.15) is 12.2 Å². The van der Waals surface area contributed by atoms with Gasteiger partial charge in [-0.2, -0.15) is 0 Å². The van der Waals surface area contributed by atoms with Gasteiger partial charge in [0.2, 0.25) is 0 Å². The average Bonchev–Trinajstić information content (AvgIpc) is 2.79. The van der Waals surface area contributed by atoms with Crippen LogP contribution in [0.5, 0.6) is 0 Å². The molecule has 5 nitrogen and oxygen atoms in total. The summed E-state index contributed by atoms with van der Waals surface area (Å²) in [6.07, 6.45) is -2.97. The molecule has 1 aliphatic rings. The number of nitrogens with one attached hydrogen (secondary N) is 1. The van der Waals surface area contributed by atoms with E-state index in [2.05, 4.69) is 5.32 Å². The Morgan fingerprint density at radius 1 is 0.720 bits per heavy atom. The summed E-state index contributed by atoms with van der Waals surface area (Å²) in [5.74, 6) is 0. The van der Waals surface area contributed by atoms with Gasteiger partial charge in [0.05, 0.1) is 25.4 Å². The normalized spacial score (nSPS) is 27.0. The van der Waals surface area contributed by atoms with Crippen molar-refractivity contribution in [2.75, 3.05) is 13.1 Å². The lowest BCUT2D eigenvalue weighted by Gasteiger charge is -2.27. The first-order valence-electron chi connectivity index (χ1n) is 8.62. The minimum Gasteiger partial charge on any atom is -0.388 e. The third-order valence-electron chi connectivity index (χ3n) is 4.42. The predicted octanol–water partition coefficient (Wildman–Crippen LogP) is 1.48. The second-order valence-electron chi connectivity index (χ2n) is 6.31. The molecule has 0 saturated carbocycles. The molecule has 0 spiro atoms. The minimum atomic E-state index is -1.00. The van der Waals surface area contributed by atoms with Crippen molar-refractivity contribution in [3.8, 4) is 0 Å². The first kappa shape index (κ1) is 18.0. The third kappa shape index (κ3) is 5.11. The summed E-state index contributed by atoms with van der Waals surface area (Å²) in [6, 6.07) is 19.6. The van der Waals surface area contributed by atoms with E-state index in [-0.39, 0.29) is 0 Å². The Bertz CT molecular complexity index is 567. The van der Waals surface area contributed by atoms with E-state index in [1.54, 1.807) is 0 Å². The van der Waals surface area contributed by atoms with Crippen molar-refractivity contribution < 1.29 is 19.7 Å². The highest BCUT2D eigenvalue weighted by Gasteiger charge is 2.36. The number of hydrogen-bond donors (Lipinski definition) is 3. The van der Waals surface area contributed by atoms with E-state index in [1.807, 2.05) is 60.7 Å². The standard InChI is InChI=1S/C20H25NO4/c22-19-17(24-13-15-7-3-1-4-8-15)11-21-12-18(20(19)23)25-14-16-9-5-2-6-10-16/h1-10,17-23H,11-14H2/t17-,18-,19-,20-/m1/s1. The van der Waals surface area contributed by atoms with Gasteiger partial charge >= 0.3 is 0 Å². The Labute approximate surface area is 148 Å². The molecule has 2 aromatic carbocycles. The van der Waals surface area contributed by atoms with Gasteiger partial charge in [-0.3, -0.25) is 0 Å². The summed E-state index contributed by atoms with van der Waals surface area (Å²) in [7, 11) is 0. The molecule has 3 rings (SSSR count). The van der Waals surface area contributed by atoms with Crippen LogP contribution in [0, 0.1) is 0 Å². The molecule has 0 unspecified atom stereocenters. The van der Waals surface area contributed by atoms with Crippen LogP contribution in [-0.4, -0.2) is 47.7 Å². The molecule has 25 heavy (non-hydrogen) atoms. The molecule has 0 radical (unpaired) electrons. The van der Waals surface area contributed by atoms with Crippen LogP contribution in [0.1, 0.15) is 11.1 Å². The molecule has 1 fully saturated rings. The van der Waals surface area contributed by atoms with Crippen LogP contribution in [0.25, 0.3) is 0 Å². The molecular weight excluding hydrogens is 318 g/mol. The Morgan fingerprint density at radius 2 is 1.12 bits per heavy atom. The highest BCUT2D eigenvalue weighted by atomic mass is 16.5. The quantitative estimate of drug-likeness (QED) is 0.741. The van der Waals surface area contributed by atoms with E-state index in [1.165, 1.54) is 0 Å². The second-order valence-corrected chi connectivity index (χ2v) is 6.31. The van der Waals surface area contributed by atoms with Crippen LogP contribution in [0.3, 0.4) is 0 Å². The largest absolute Gasteiger partial charge is 0.388 e. The first-order chi connectivity index (χ1) is 12.2. The molecule has 4 atom stereocenters. The monoisotopic (exact) mass is 343 g/mol. The van der Waals surface area contributed by atoms with Crippen LogP contribution in [0.4, 0.5) is 0 Å². The first-order valence-corrected chi connectivity index (χ1v) is 8.62.